The topological polar surface area (TPSA) is 162 Å². The van der Waals surface area contributed by atoms with Gasteiger partial charge in [-0.05, 0) is 87.1 Å². The summed E-state index contributed by atoms with van der Waals surface area (Å²) in [6.45, 7) is 0.553. The first-order valence-corrected chi connectivity index (χ1v) is 18.1. The standard InChI is InChI=1S/C34H40N6O7S/c1-39-14-6-4-3-5-8-22-20-34(22,33(43)38-48(44,45)25-10-11-25)37-30(41)27-18-24(19-28(27)32(39)42)47-31-26-12-9-23(46-2)16-21(26)17-29(36-31)40-15-7-13-35-40/h5,7-9,12-13,15-17,22,24-25,27-28H,3-4,6,10-11,14,18-20H2,1-2H3,(H,37,41)(H,38,43)/t22-,24-,27-,28-,34-/m1/s1. The highest BCUT2D eigenvalue weighted by Gasteiger charge is 2.62. The summed E-state index contributed by atoms with van der Waals surface area (Å²) in [5.74, 6) is -1.67. The quantitative estimate of drug-likeness (QED) is 0.359. The van der Waals surface area contributed by atoms with Gasteiger partial charge in [0.1, 0.15) is 17.4 Å². The van der Waals surface area contributed by atoms with Crippen molar-refractivity contribution in [2.24, 2.45) is 17.8 Å². The molecule has 3 aliphatic carbocycles. The molecule has 2 aromatic heterocycles. The van der Waals surface area contributed by atoms with Gasteiger partial charge in [0.25, 0.3) is 5.91 Å². The minimum Gasteiger partial charge on any atom is -0.497 e. The number of hydrogen-bond donors (Lipinski definition) is 2. The van der Waals surface area contributed by atoms with Gasteiger partial charge >= 0.3 is 0 Å². The minimum atomic E-state index is -3.82. The van der Waals surface area contributed by atoms with E-state index in [2.05, 4.69) is 15.1 Å². The van der Waals surface area contributed by atoms with E-state index < -0.39 is 50.6 Å². The average molecular weight is 677 g/mol. The fraction of sp³-hybridized carbons (Fsp3) is 0.500. The summed E-state index contributed by atoms with van der Waals surface area (Å²) in [4.78, 5) is 48.0. The highest BCUT2D eigenvalue weighted by Crippen LogP contribution is 2.47. The summed E-state index contributed by atoms with van der Waals surface area (Å²) in [5, 5.41) is 8.22. The maximum atomic E-state index is 14.1. The Kier molecular flexibility index (Phi) is 8.38. The number of aromatic nitrogens is 3. The Hall–Kier alpha value is -4.46. The van der Waals surface area contributed by atoms with Crippen molar-refractivity contribution in [2.75, 3.05) is 20.7 Å². The Morgan fingerprint density at radius 1 is 1.12 bits per heavy atom. The Balaban J connectivity index is 1.19. The second kappa shape index (κ2) is 12.5. The number of carbonyl (C=O) groups is 3. The van der Waals surface area contributed by atoms with Gasteiger partial charge in [0.15, 0.2) is 5.82 Å². The van der Waals surface area contributed by atoms with Crippen molar-refractivity contribution in [1.29, 1.82) is 0 Å². The minimum absolute atomic E-state index is 0.163. The second-order valence-corrected chi connectivity index (χ2v) is 15.3. The first-order valence-electron chi connectivity index (χ1n) is 16.5. The number of pyridine rings is 1. The number of nitrogens with zero attached hydrogens (tertiary/aromatic N) is 4. The molecule has 3 aromatic rings. The van der Waals surface area contributed by atoms with Gasteiger partial charge in [-0.3, -0.25) is 19.1 Å². The number of ether oxygens (including phenoxy) is 2. The number of rotatable bonds is 7. The van der Waals surface area contributed by atoms with E-state index in [9.17, 15) is 22.8 Å². The van der Waals surface area contributed by atoms with Crippen LogP contribution in [0.2, 0.25) is 0 Å². The molecule has 0 unspecified atom stereocenters. The number of amides is 3. The Bertz CT molecular complexity index is 1880. The van der Waals surface area contributed by atoms with Gasteiger partial charge in [-0.25, -0.2) is 13.1 Å². The molecule has 3 fully saturated rings. The highest BCUT2D eigenvalue weighted by molar-refractivity contribution is 7.91. The van der Waals surface area contributed by atoms with E-state index >= 15 is 0 Å². The van der Waals surface area contributed by atoms with E-state index in [4.69, 9.17) is 14.5 Å². The first kappa shape index (κ1) is 32.1. The molecule has 0 radical (unpaired) electrons. The zero-order valence-corrected chi connectivity index (χ0v) is 27.8. The Morgan fingerprint density at radius 2 is 1.94 bits per heavy atom. The molecule has 3 amide bonds. The highest BCUT2D eigenvalue weighted by atomic mass is 32.2. The molecule has 14 heteroatoms. The van der Waals surface area contributed by atoms with Crippen LogP contribution in [0.5, 0.6) is 11.6 Å². The van der Waals surface area contributed by atoms with Gasteiger partial charge < -0.3 is 19.7 Å². The zero-order valence-electron chi connectivity index (χ0n) is 27.0. The molecule has 7 rings (SSSR count). The van der Waals surface area contributed by atoms with Crippen molar-refractivity contribution in [1.82, 2.24) is 29.7 Å². The van der Waals surface area contributed by atoms with Crippen LogP contribution >= 0.6 is 0 Å². The van der Waals surface area contributed by atoms with Crippen molar-refractivity contribution in [3.05, 3.63) is 54.9 Å². The predicted octanol–water partition coefficient (Wildman–Crippen LogP) is 2.88. The summed E-state index contributed by atoms with van der Waals surface area (Å²) in [6, 6.07) is 9.23. The van der Waals surface area contributed by atoms with E-state index in [1.54, 1.807) is 42.2 Å². The number of sulfonamides is 1. The lowest BCUT2D eigenvalue weighted by atomic mass is 9.93. The zero-order chi connectivity index (χ0) is 33.6. The van der Waals surface area contributed by atoms with Crippen LogP contribution in [-0.4, -0.2) is 83.4 Å². The van der Waals surface area contributed by atoms with E-state index in [0.29, 0.717) is 36.8 Å². The first-order chi connectivity index (χ1) is 23.1. The van der Waals surface area contributed by atoms with E-state index in [1.807, 2.05) is 36.4 Å². The molecule has 1 aromatic carbocycles. The summed E-state index contributed by atoms with van der Waals surface area (Å²) < 4.78 is 41.3. The number of carbonyl (C=O) groups excluding carboxylic acids is 3. The SMILES string of the molecule is COc1ccc2c(O[C@@H]3C[C@H]4C(=O)N[C@]5(C(=O)NS(=O)(=O)C6CC6)C[C@H]5C=CCCCCN(C)C(=O)[C@@H]4C3)nc(-n3cccn3)cc2c1. The third-order valence-corrected chi connectivity index (χ3v) is 11.8. The normalized spacial score (nSPS) is 27.8. The van der Waals surface area contributed by atoms with Gasteiger partial charge in [0.05, 0.1) is 24.2 Å². The van der Waals surface area contributed by atoms with Gasteiger partial charge in [-0.15, -0.1) is 0 Å². The molecule has 4 aliphatic rings. The van der Waals surface area contributed by atoms with E-state index in [0.717, 1.165) is 30.0 Å². The second-order valence-electron chi connectivity index (χ2n) is 13.4. The lowest BCUT2D eigenvalue weighted by molar-refractivity contribution is -0.140. The molecule has 0 bridgehead atoms. The molecule has 1 aliphatic heterocycles. The third kappa shape index (κ3) is 6.25. The maximum absolute atomic E-state index is 14.1. The summed E-state index contributed by atoms with van der Waals surface area (Å²) >= 11 is 0. The number of allylic oxidation sites excluding steroid dienone is 1. The van der Waals surface area contributed by atoms with Crippen LogP contribution < -0.4 is 19.5 Å². The van der Waals surface area contributed by atoms with Crippen LogP contribution in [-0.2, 0) is 24.4 Å². The van der Waals surface area contributed by atoms with Crippen molar-refractivity contribution in [3.8, 4) is 17.4 Å². The molecular weight excluding hydrogens is 636 g/mol. The molecule has 0 saturated heterocycles. The van der Waals surface area contributed by atoms with Gasteiger partial charge in [-0.1, -0.05) is 12.2 Å². The molecule has 0 spiro atoms. The van der Waals surface area contributed by atoms with Crippen molar-refractivity contribution < 1.29 is 32.3 Å². The third-order valence-electron chi connectivity index (χ3n) is 10.0. The van der Waals surface area contributed by atoms with Crippen LogP contribution in [0, 0.1) is 17.8 Å². The number of nitrogens with one attached hydrogen (secondary N) is 2. The number of fused-ring (bicyclic) bond motifs is 3. The van der Waals surface area contributed by atoms with Gasteiger partial charge in [0.2, 0.25) is 27.7 Å². The monoisotopic (exact) mass is 676 g/mol. The fourth-order valence-corrected chi connectivity index (χ4v) is 8.34. The Labute approximate surface area is 279 Å². The molecule has 13 nitrogen and oxygen atoms in total. The molecule has 3 heterocycles. The molecule has 5 atom stereocenters. The van der Waals surface area contributed by atoms with Crippen LogP contribution in [0.4, 0.5) is 0 Å². The van der Waals surface area contributed by atoms with Gasteiger partial charge in [0, 0.05) is 37.3 Å². The smallest absolute Gasteiger partial charge is 0.259 e. The van der Waals surface area contributed by atoms with E-state index in [-0.39, 0.29) is 31.1 Å². The number of methoxy groups -OCH3 is 1. The van der Waals surface area contributed by atoms with Crippen LogP contribution in [0.1, 0.15) is 51.4 Å². The molecule has 3 saturated carbocycles. The largest absolute Gasteiger partial charge is 0.497 e. The maximum Gasteiger partial charge on any atom is 0.259 e. The van der Waals surface area contributed by atoms with Crippen LogP contribution in [0.25, 0.3) is 16.6 Å². The van der Waals surface area contributed by atoms with Crippen molar-refractivity contribution in [2.45, 2.75) is 68.3 Å². The lowest BCUT2D eigenvalue weighted by Crippen LogP contribution is -2.54. The van der Waals surface area contributed by atoms with E-state index in [1.165, 1.54) is 0 Å². The average Bonchev–Trinajstić information content (AvgIpc) is 3.93. The molecule has 48 heavy (non-hydrogen) atoms. The lowest BCUT2D eigenvalue weighted by Gasteiger charge is -2.26. The van der Waals surface area contributed by atoms with Crippen LogP contribution in [0.3, 0.4) is 0 Å². The van der Waals surface area contributed by atoms with Crippen molar-refractivity contribution in [3.63, 3.8) is 0 Å². The summed E-state index contributed by atoms with van der Waals surface area (Å²) in [5.41, 5.74) is -1.40. The number of benzene rings is 1. The fourth-order valence-electron chi connectivity index (χ4n) is 6.98. The van der Waals surface area contributed by atoms with Crippen molar-refractivity contribution >= 4 is 38.5 Å². The predicted molar refractivity (Wildman–Crippen MR) is 176 cm³/mol. The molecular formula is C34H40N6O7S. The number of hydrogen-bond acceptors (Lipinski definition) is 9. The summed E-state index contributed by atoms with van der Waals surface area (Å²) in [7, 11) is -0.480. The molecule has 254 valence electrons. The van der Waals surface area contributed by atoms with Gasteiger partial charge in [-0.2, -0.15) is 10.1 Å². The molecule has 2 N–H and O–H groups in total. The summed E-state index contributed by atoms with van der Waals surface area (Å²) in [6.07, 6.45) is 10.9. The Morgan fingerprint density at radius 3 is 2.69 bits per heavy atom. The van der Waals surface area contributed by atoms with Crippen LogP contribution in [0.15, 0.2) is 54.9 Å².